The first-order chi connectivity index (χ1) is 8.91. The first-order valence-corrected chi connectivity index (χ1v) is 7.24. The summed E-state index contributed by atoms with van der Waals surface area (Å²) < 4.78 is 0. The molecule has 1 aromatic rings. The van der Waals surface area contributed by atoms with Crippen molar-refractivity contribution in [3.05, 3.63) is 29.3 Å². The van der Waals surface area contributed by atoms with Gasteiger partial charge in [-0.1, -0.05) is 19.1 Å². The third-order valence-corrected chi connectivity index (χ3v) is 4.10. The molecule has 0 aliphatic rings. The third-order valence-electron chi connectivity index (χ3n) is 2.90. The summed E-state index contributed by atoms with van der Waals surface area (Å²) >= 11 is 1.33. The van der Waals surface area contributed by atoms with E-state index in [9.17, 15) is 9.59 Å². The molecule has 0 heterocycles. The van der Waals surface area contributed by atoms with Crippen LogP contribution in [0.2, 0.25) is 0 Å². The number of carboxylic acid groups (broad SMARTS) is 1. The summed E-state index contributed by atoms with van der Waals surface area (Å²) in [6, 6.07) is 5.76. The quantitative estimate of drug-likeness (QED) is 0.841. The smallest absolute Gasteiger partial charge is 0.307 e. The van der Waals surface area contributed by atoms with Gasteiger partial charge in [-0.15, -0.1) is 0 Å². The number of hydrogen-bond acceptors (Lipinski definition) is 3. The van der Waals surface area contributed by atoms with Crippen molar-refractivity contribution in [3.8, 4) is 0 Å². The van der Waals surface area contributed by atoms with Gasteiger partial charge >= 0.3 is 5.97 Å². The van der Waals surface area contributed by atoms with Crippen LogP contribution in [-0.2, 0) is 9.59 Å². The van der Waals surface area contributed by atoms with Crippen LogP contribution in [0.3, 0.4) is 0 Å². The van der Waals surface area contributed by atoms with Gasteiger partial charge in [-0.25, -0.2) is 0 Å². The monoisotopic (exact) mass is 281 g/mol. The fourth-order valence-corrected chi connectivity index (χ4v) is 2.34. The van der Waals surface area contributed by atoms with Crippen molar-refractivity contribution >= 4 is 29.3 Å². The SMILES string of the molecule is Cc1cccc(NC(=O)CSCC(C)C(=O)O)c1C. The van der Waals surface area contributed by atoms with Gasteiger partial charge in [0.1, 0.15) is 0 Å². The lowest BCUT2D eigenvalue weighted by Gasteiger charge is -2.10. The van der Waals surface area contributed by atoms with E-state index in [4.69, 9.17) is 5.11 Å². The highest BCUT2D eigenvalue weighted by atomic mass is 32.2. The maximum absolute atomic E-state index is 11.7. The van der Waals surface area contributed by atoms with Gasteiger partial charge < -0.3 is 10.4 Å². The average Bonchev–Trinajstić information content (AvgIpc) is 2.34. The van der Waals surface area contributed by atoms with E-state index in [0.29, 0.717) is 5.75 Å². The second-order valence-corrected chi connectivity index (χ2v) is 5.58. The molecule has 0 saturated heterocycles. The van der Waals surface area contributed by atoms with E-state index in [2.05, 4.69) is 5.32 Å². The zero-order valence-corrected chi connectivity index (χ0v) is 12.2. The van der Waals surface area contributed by atoms with Crippen LogP contribution in [0.1, 0.15) is 18.1 Å². The fourth-order valence-electron chi connectivity index (χ4n) is 1.47. The van der Waals surface area contributed by atoms with E-state index >= 15 is 0 Å². The molecule has 0 aliphatic carbocycles. The zero-order valence-electron chi connectivity index (χ0n) is 11.4. The number of rotatable bonds is 6. The number of nitrogens with one attached hydrogen (secondary N) is 1. The highest BCUT2D eigenvalue weighted by molar-refractivity contribution is 8.00. The first kappa shape index (κ1) is 15.6. The molecule has 5 heteroatoms. The van der Waals surface area contributed by atoms with Crippen LogP contribution in [0.5, 0.6) is 0 Å². The number of thioether (sulfide) groups is 1. The molecule has 0 fully saturated rings. The molecule has 0 aliphatic heterocycles. The van der Waals surface area contributed by atoms with Crippen molar-refractivity contribution in [1.29, 1.82) is 0 Å². The van der Waals surface area contributed by atoms with E-state index in [1.165, 1.54) is 11.8 Å². The number of aliphatic carboxylic acids is 1. The zero-order chi connectivity index (χ0) is 14.4. The van der Waals surface area contributed by atoms with Crippen LogP contribution >= 0.6 is 11.8 Å². The van der Waals surface area contributed by atoms with Crippen LogP contribution in [-0.4, -0.2) is 28.5 Å². The van der Waals surface area contributed by atoms with E-state index in [1.54, 1.807) is 6.92 Å². The molecular formula is C14H19NO3S. The van der Waals surface area contributed by atoms with E-state index < -0.39 is 11.9 Å². The number of carbonyl (C=O) groups is 2. The number of anilines is 1. The van der Waals surface area contributed by atoms with E-state index in [0.717, 1.165) is 16.8 Å². The summed E-state index contributed by atoms with van der Waals surface area (Å²) in [4.78, 5) is 22.4. The number of amides is 1. The Bertz CT molecular complexity index is 474. The summed E-state index contributed by atoms with van der Waals surface area (Å²) in [5.41, 5.74) is 3.00. The Morgan fingerprint density at radius 2 is 2.05 bits per heavy atom. The van der Waals surface area contributed by atoms with Gasteiger partial charge in [0.05, 0.1) is 11.7 Å². The third kappa shape index (κ3) is 4.95. The standard InChI is InChI=1S/C14H19NO3S/c1-9-5-4-6-12(11(9)3)15-13(16)8-19-7-10(2)14(17)18/h4-6,10H,7-8H2,1-3H3,(H,15,16)(H,17,18). The molecule has 19 heavy (non-hydrogen) atoms. The molecule has 0 aromatic heterocycles. The Morgan fingerprint density at radius 3 is 2.68 bits per heavy atom. The van der Waals surface area contributed by atoms with Gasteiger partial charge in [-0.3, -0.25) is 9.59 Å². The molecule has 2 N–H and O–H groups in total. The summed E-state index contributed by atoms with van der Waals surface area (Å²) in [5, 5.41) is 11.6. The summed E-state index contributed by atoms with van der Waals surface area (Å²) in [6.07, 6.45) is 0. The van der Waals surface area contributed by atoms with Crippen molar-refractivity contribution in [2.24, 2.45) is 5.92 Å². The molecule has 0 spiro atoms. The second kappa shape index (κ2) is 7.19. The van der Waals surface area contributed by atoms with Gasteiger partial charge in [0.25, 0.3) is 0 Å². The Morgan fingerprint density at radius 1 is 1.37 bits per heavy atom. The molecule has 1 atom stereocenters. The van der Waals surface area contributed by atoms with Crippen molar-refractivity contribution in [1.82, 2.24) is 0 Å². The average molecular weight is 281 g/mol. The minimum Gasteiger partial charge on any atom is -0.481 e. The van der Waals surface area contributed by atoms with Crippen molar-refractivity contribution in [3.63, 3.8) is 0 Å². The first-order valence-electron chi connectivity index (χ1n) is 6.08. The minimum absolute atomic E-state index is 0.101. The highest BCUT2D eigenvalue weighted by Crippen LogP contribution is 2.18. The molecular weight excluding hydrogens is 262 g/mol. The topological polar surface area (TPSA) is 66.4 Å². The van der Waals surface area contributed by atoms with Crippen LogP contribution in [0.4, 0.5) is 5.69 Å². The Labute approximate surface area is 117 Å². The molecule has 104 valence electrons. The maximum Gasteiger partial charge on any atom is 0.307 e. The molecule has 4 nitrogen and oxygen atoms in total. The molecule has 1 amide bonds. The van der Waals surface area contributed by atoms with Gasteiger partial charge in [0.2, 0.25) is 5.91 Å². The lowest BCUT2D eigenvalue weighted by molar-refractivity contribution is -0.140. The number of hydrogen-bond donors (Lipinski definition) is 2. The maximum atomic E-state index is 11.7. The number of carboxylic acids is 1. The molecule has 1 unspecified atom stereocenters. The fraction of sp³-hybridized carbons (Fsp3) is 0.429. The molecule has 0 saturated carbocycles. The van der Waals surface area contributed by atoms with Crippen LogP contribution < -0.4 is 5.32 Å². The lowest BCUT2D eigenvalue weighted by atomic mass is 10.1. The summed E-state index contributed by atoms with van der Waals surface area (Å²) in [5.74, 6) is -0.655. The predicted molar refractivity (Wildman–Crippen MR) is 78.7 cm³/mol. The normalized spacial score (nSPS) is 11.9. The van der Waals surface area contributed by atoms with Crippen LogP contribution in [0.15, 0.2) is 18.2 Å². The van der Waals surface area contributed by atoms with Gasteiger partial charge in [0, 0.05) is 11.4 Å². The predicted octanol–water partition coefficient (Wildman–Crippen LogP) is 2.70. The second-order valence-electron chi connectivity index (χ2n) is 4.55. The van der Waals surface area contributed by atoms with Gasteiger partial charge in [-0.2, -0.15) is 11.8 Å². The van der Waals surface area contributed by atoms with Gasteiger partial charge in [0.15, 0.2) is 0 Å². The Balaban J connectivity index is 2.43. The summed E-state index contributed by atoms with van der Waals surface area (Å²) in [7, 11) is 0. The number of benzene rings is 1. The molecule has 1 rings (SSSR count). The molecule has 0 bridgehead atoms. The largest absolute Gasteiger partial charge is 0.481 e. The van der Waals surface area contributed by atoms with E-state index in [-0.39, 0.29) is 11.7 Å². The number of aryl methyl sites for hydroxylation is 1. The molecule has 0 radical (unpaired) electrons. The van der Waals surface area contributed by atoms with Gasteiger partial charge in [-0.05, 0) is 31.0 Å². The lowest BCUT2D eigenvalue weighted by Crippen LogP contribution is -2.18. The Hall–Kier alpha value is -1.49. The minimum atomic E-state index is -0.831. The number of carbonyl (C=O) groups excluding carboxylic acids is 1. The van der Waals surface area contributed by atoms with Crippen molar-refractivity contribution in [2.45, 2.75) is 20.8 Å². The Kier molecular flexibility index (Phi) is 5.89. The summed E-state index contributed by atoms with van der Waals surface area (Å²) in [6.45, 7) is 5.59. The van der Waals surface area contributed by atoms with Crippen molar-refractivity contribution in [2.75, 3.05) is 16.8 Å². The highest BCUT2D eigenvalue weighted by Gasteiger charge is 2.12. The van der Waals surface area contributed by atoms with Crippen LogP contribution in [0.25, 0.3) is 0 Å². The van der Waals surface area contributed by atoms with Crippen LogP contribution in [0, 0.1) is 19.8 Å². The van der Waals surface area contributed by atoms with E-state index in [1.807, 2.05) is 32.0 Å². The molecule has 1 aromatic carbocycles. The van der Waals surface area contributed by atoms with Crippen molar-refractivity contribution < 1.29 is 14.7 Å².